The number of hydrogen-bond donors (Lipinski definition) is 1. The quantitative estimate of drug-likeness (QED) is 0.623. The Bertz CT molecular complexity index is 421. The van der Waals surface area contributed by atoms with Gasteiger partial charge < -0.3 is 5.73 Å². The Morgan fingerprint density at radius 3 is 2.88 bits per heavy atom. The van der Waals surface area contributed by atoms with Crippen molar-refractivity contribution in [2.24, 2.45) is 5.73 Å². The minimum Gasteiger partial charge on any atom is -0.321 e. The first kappa shape index (κ1) is 12.1. The van der Waals surface area contributed by atoms with Gasteiger partial charge in [-0.15, -0.1) is 6.58 Å². The number of nitrogens with two attached hydrogens (primary N) is 1. The van der Waals surface area contributed by atoms with E-state index >= 15 is 0 Å². The molecule has 1 atom stereocenters. The largest absolute Gasteiger partial charge is 0.321 e. The molecule has 2 N–H and O–H groups in total. The highest BCUT2D eigenvalue weighted by Gasteiger charge is 2.21. The molecule has 0 radical (unpaired) electrons. The third-order valence-corrected chi connectivity index (χ3v) is 3.51. The monoisotopic (exact) mass is 229 g/mol. The number of carbonyl (C=O) groups excluding carboxylic acids is 1. The van der Waals surface area contributed by atoms with Crippen LogP contribution < -0.4 is 5.73 Å². The second kappa shape index (κ2) is 5.28. The fraction of sp³-hybridized carbons (Fsp3) is 0.400. The lowest BCUT2D eigenvalue weighted by Crippen LogP contribution is -2.29. The fourth-order valence-electron chi connectivity index (χ4n) is 2.19. The summed E-state index contributed by atoms with van der Waals surface area (Å²) in [6.45, 7) is 3.61. The lowest BCUT2D eigenvalue weighted by atomic mass is 9.79. The van der Waals surface area contributed by atoms with Crippen LogP contribution in [0.2, 0.25) is 0 Å². The summed E-state index contributed by atoms with van der Waals surface area (Å²) in [6.07, 6.45) is 6.02. The normalized spacial score (nSPS) is 17.2. The van der Waals surface area contributed by atoms with Crippen LogP contribution >= 0.6 is 0 Å². The maximum absolute atomic E-state index is 12.0. The van der Waals surface area contributed by atoms with Gasteiger partial charge in [-0.05, 0) is 36.8 Å². The van der Waals surface area contributed by atoms with Crippen LogP contribution in [0.15, 0.2) is 36.9 Å². The number of Topliss-reactive ketones (excluding diaryl/α,β-unsaturated/α-hetero) is 1. The number of hydrogen-bond acceptors (Lipinski definition) is 2. The molecule has 1 aliphatic carbocycles. The van der Waals surface area contributed by atoms with Gasteiger partial charge in [-0.25, -0.2) is 0 Å². The summed E-state index contributed by atoms with van der Waals surface area (Å²) in [6, 6.07) is 7.48. The highest BCUT2D eigenvalue weighted by Crippen LogP contribution is 2.36. The molecule has 1 saturated carbocycles. The third kappa shape index (κ3) is 2.64. The molecule has 1 fully saturated rings. The zero-order chi connectivity index (χ0) is 12.3. The summed E-state index contributed by atoms with van der Waals surface area (Å²) in [5.74, 6) is 0.671. The van der Waals surface area contributed by atoms with E-state index in [2.05, 4.69) is 12.6 Å². The Hall–Kier alpha value is -1.41. The topological polar surface area (TPSA) is 43.1 Å². The molecule has 2 nitrogen and oxygen atoms in total. The van der Waals surface area contributed by atoms with Gasteiger partial charge >= 0.3 is 0 Å². The van der Waals surface area contributed by atoms with Gasteiger partial charge in [0.15, 0.2) is 5.78 Å². The predicted octanol–water partition coefficient (Wildman–Crippen LogP) is 3.04. The van der Waals surface area contributed by atoms with Crippen LogP contribution in [-0.2, 0) is 0 Å². The van der Waals surface area contributed by atoms with Gasteiger partial charge in [-0.2, -0.15) is 0 Å². The minimum absolute atomic E-state index is 0.0195. The zero-order valence-corrected chi connectivity index (χ0v) is 10.1. The van der Waals surface area contributed by atoms with Crippen LogP contribution in [0, 0.1) is 0 Å². The molecule has 0 aromatic heterocycles. The summed E-state index contributed by atoms with van der Waals surface area (Å²) < 4.78 is 0. The van der Waals surface area contributed by atoms with Crippen molar-refractivity contribution >= 4 is 5.78 Å². The Balaban J connectivity index is 2.14. The van der Waals surface area contributed by atoms with Crippen LogP contribution in [0.5, 0.6) is 0 Å². The molecule has 1 unspecified atom stereocenters. The van der Waals surface area contributed by atoms with Crippen LogP contribution in [0.4, 0.5) is 0 Å². The Labute approximate surface area is 103 Å². The molecule has 0 amide bonds. The minimum atomic E-state index is -0.454. The van der Waals surface area contributed by atoms with Gasteiger partial charge in [0, 0.05) is 5.56 Å². The van der Waals surface area contributed by atoms with Crippen molar-refractivity contribution in [3.05, 3.63) is 48.0 Å². The van der Waals surface area contributed by atoms with Crippen LogP contribution in [-0.4, -0.2) is 11.8 Å². The van der Waals surface area contributed by atoms with Crippen LogP contribution in [0.3, 0.4) is 0 Å². The van der Waals surface area contributed by atoms with Crippen LogP contribution in [0.1, 0.15) is 47.5 Å². The Morgan fingerprint density at radius 2 is 2.29 bits per heavy atom. The van der Waals surface area contributed by atoms with E-state index in [-0.39, 0.29) is 5.78 Å². The van der Waals surface area contributed by atoms with Crippen molar-refractivity contribution in [1.82, 2.24) is 0 Å². The molecule has 2 heteroatoms. The molecule has 1 aromatic rings. The fourth-order valence-corrected chi connectivity index (χ4v) is 2.19. The summed E-state index contributed by atoms with van der Waals surface area (Å²) in [5, 5.41) is 0. The summed E-state index contributed by atoms with van der Waals surface area (Å²) in [4.78, 5) is 12.0. The molecule has 0 spiro atoms. The maximum Gasteiger partial charge on any atom is 0.179 e. The van der Waals surface area contributed by atoms with E-state index in [0.29, 0.717) is 12.3 Å². The first-order valence-electron chi connectivity index (χ1n) is 6.23. The SMILES string of the molecule is C=CCC(N)C(=O)c1cccc(C2CCC2)c1. The van der Waals surface area contributed by atoms with E-state index in [1.54, 1.807) is 6.08 Å². The van der Waals surface area contributed by atoms with Gasteiger partial charge in [-0.1, -0.05) is 30.7 Å². The molecule has 17 heavy (non-hydrogen) atoms. The van der Waals surface area contributed by atoms with Crippen molar-refractivity contribution in [3.8, 4) is 0 Å². The second-order valence-corrected chi connectivity index (χ2v) is 4.75. The Morgan fingerprint density at radius 1 is 1.53 bits per heavy atom. The molecule has 0 saturated heterocycles. The van der Waals surface area contributed by atoms with Gasteiger partial charge in [-0.3, -0.25) is 4.79 Å². The molecule has 1 aromatic carbocycles. The van der Waals surface area contributed by atoms with Crippen molar-refractivity contribution < 1.29 is 4.79 Å². The third-order valence-electron chi connectivity index (χ3n) is 3.51. The van der Waals surface area contributed by atoms with Gasteiger partial charge in [0.1, 0.15) is 0 Å². The van der Waals surface area contributed by atoms with Crippen molar-refractivity contribution in [2.45, 2.75) is 37.6 Å². The van der Waals surface area contributed by atoms with Crippen molar-refractivity contribution in [2.75, 3.05) is 0 Å². The molecular formula is C15H19NO. The second-order valence-electron chi connectivity index (χ2n) is 4.75. The van der Waals surface area contributed by atoms with E-state index < -0.39 is 6.04 Å². The average Bonchev–Trinajstić information content (AvgIpc) is 2.26. The first-order valence-corrected chi connectivity index (χ1v) is 6.23. The number of benzene rings is 1. The van der Waals surface area contributed by atoms with E-state index in [4.69, 9.17) is 5.73 Å². The van der Waals surface area contributed by atoms with Gasteiger partial charge in [0.05, 0.1) is 6.04 Å². The molecule has 0 heterocycles. The van der Waals surface area contributed by atoms with Crippen molar-refractivity contribution in [1.29, 1.82) is 0 Å². The lowest BCUT2D eigenvalue weighted by Gasteiger charge is -2.26. The molecule has 90 valence electrons. The van der Waals surface area contributed by atoms with Crippen molar-refractivity contribution in [3.63, 3.8) is 0 Å². The number of rotatable bonds is 5. The smallest absolute Gasteiger partial charge is 0.179 e. The molecule has 0 bridgehead atoms. The summed E-state index contributed by atoms with van der Waals surface area (Å²) >= 11 is 0. The highest BCUT2D eigenvalue weighted by molar-refractivity contribution is 6.00. The average molecular weight is 229 g/mol. The first-order chi connectivity index (χ1) is 8.22. The summed E-state index contributed by atoms with van der Waals surface area (Å²) in [7, 11) is 0. The van der Waals surface area contributed by atoms with Gasteiger partial charge in [0.25, 0.3) is 0 Å². The van der Waals surface area contributed by atoms with E-state index in [0.717, 1.165) is 5.56 Å². The molecule has 2 rings (SSSR count). The summed E-state index contributed by atoms with van der Waals surface area (Å²) in [5.41, 5.74) is 7.84. The molecule has 0 aliphatic heterocycles. The van der Waals surface area contributed by atoms with E-state index in [1.165, 1.54) is 24.8 Å². The predicted molar refractivity (Wildman–Crippen MR) is 70.2 cm³/mol. The van der Waals surface area contributed by atoms with Gasteiger partial charge in [0.2, 0.25) is 0 Å². The molecular weight excluding hydrogens is 210 g/mol. The van der Waals surface area contributed by atoms with E-state index in [1.807, 2.05) is 18.2 Å². The number of ketones is 1. The Kier molecular flexibility index (Phi) is 3.75. The van der Waals surface area contributed by atoms with E-state index in [9.17, 15) is 4.79 Å². The maximum atomic E-state index is 12.0. The zero-order valence-electron chi connectivity index (χ0n) is 10.1. The van der Waals surface area contributed by atoms with Crippen LogP contribution in [0.25, 0.3) is 0 Å². The standard InChI is InChI=1S/C15H19NO/c1-2-5-14(16)15(17)13-9-4-8-12(10-13)11-6-3-7-11/h2,4,8-11,14H,1,3,5-7,16H2. The lowest BCUT2D eigenvalue weighted by molar-refractivity contribution is 0.0962. The highest BCUT2D eigenvalue weighted by atomic mass is 16.1. The number of carbonyl (C=O) groups is 1. The molecule has 1 aliphatic rings.